The van der Waals surface area contributed by atoms with Crippen LogP contribution >= 0.6 is 0 Å². The van der Waals surface area contributed by atoms with Crippen LogP contribution in [-0.2, 0) is 10.8 Å². The third-order valence-corrected chi connectivity index (χ3v) is 16.0. The molecular weight excluding hydrogens is 907 g/mol. The van der Waals surface area contributed by atoms with Crippen LogP contribution in [0, 0.1) is 0 Å². The van der Waals surface area contributed by atoms with Gasteiger partial charge in [0.15, 0.2) is 17.1 Å². The maximum atomic E-state index is 6.72. The van der Waals surface area contributed by atoms with Crippen molar-refractivity contribution in [2.24, 2.45) is 0 Å². The second-order valence-electron chi connectivity index (χ2n) is 24.3. The van der Waals surface area contributed by atoms with Crippen molar-refractivity contribution in [3.05, 3.63) is 65.9 Å². The molecule has 0 amide bonds. The summed E-state index contributed by atoms with van der Waals surface area (Å²) in [4.78, 5) is 26.6. The summed E-state index contributed by atoms with van der Waals surface area (Å²) in [5.41, 5.74) is 8.83. The van der Waals surface area contributed by atoms with E-state index in [4.69, 9.17) is 29.4 Å². The first-order valence-corrected chi connectivity index (χ1v) is 30.1. The largest absolute Gasteiger partial charge is 0.490 e. The Morgan fingerprint density at radius 2 is 0.676 bits per heavy atom. The van der Waals surface area contributed by atoms with Crippen molar-refractivity contribution in [2.75, 3.05) is 13.2 Å². The van der Waals surface area contributed by atoms with Crippen LogP contribution in [0.2, 0.25) is 0 Å². The highest BCUT2D eigenvalue weighted by Crippen LogP contribution is 2.47. The van der Waals surface area contributed by atoms with E-state index in [9.17, 15) is 0 Å². The summed E-state index contributed by atoms with van der Waals surface area (Å²) < 4.78 is 13.4. The van der Waals surface area contributed by atoms with Gasteiger partial charge in [0.2, 0.25) is 0 Å². The molecule has 8 rings (SSSR count). The first-order valence-electron chi connectivity index (χ1n) is 30.1. The molecule has 3 heterocycles. The van der Waals surface area contributed by atoms with Crippen molar-refractivity contribution in [1.82, 2.24) is 24.9 Å². The number of nitrogens with zero attached hydrogens (tertiary/aromatic N) is 5. The highest BCUT2D eigenvalue weighted by Gasteiger charge is 2.27. The Kier molecular flexibility index (Phi) is 20.0. The number of ether oxygens (including phenoxy) is 2. The van der Waals surface area contributed by atoms with E-state index >= 15 is 0 Å². The lowest BCUT2D eigenvalue weighted by Gasteiger charge is -2.25. The summed E-state index contributed by atoms with van der Waals surface area (Å²) in [5, 5.41) is 6.68. The summed E-state index contributed by atoms with van der Waals surface area (Å²) in [5.74, 6) is 1.55. The zero-order valence-corrected chi connectivity index (χ0v) is 47.5. The van der Waals surface area contributed by atoms with Gasteiger partial charge < -0.3 is 9.47 Å². The summed E-state index contributed by atoms with van der Waals surface area (Å²) in [6, 6.07) is 17.6. The lowest BCUT2D eigenvalue weighted by molar-refractivity contribution is 0.259. The quantitative estimate of drug-likeness (QED) is 0.0236. The molecule has 0 bridgehead atoms. The number of aromatic nitrogens is 5. The molecule has 3 aromatic heterocycles. The van der Waals surface area contributed by atoms with Crippen LogP contribution in [0.5, 0.6) is 11.5 Å². The normalized spacial score (nSPS) is 12.6. The molecule has 74 heavy (non-hydrogen) atoms. The number of rotatable bonds is 32. The molecule has 0 unspecified atom stereocenters. The topological polar surface area (TPSA) is 82.9 Å². The van der Waals surface area contributed by atoms with Gasteiger partial charge in [-0.1, -0.05) is 222 Å². The van der Waals surface area contributed by atoms with Crippen LogP contribution in [0.4, 0.5) is 0 Å². The predicted molar refractivity (Wildman–Crippen MR) is 318 cm³/mol. The van der Waals surface area contributed by atoms with Crippen LogP contribution in [0.1, 0.15) is 246 Å². The average Bonchev–Trinajstić information content (AvgIpc) is 3.40. The van der Waals surface area contributed by atoms with Crippen molar-refractivity contribution >= 4 is 76.6 Å². The lowest BCUT2D eigenvalue weighted by atomic mass is 9.80. The van der Waals surface area contributed by atoms with Gasteiger partial charge in [-0.25, -0.2) is 24.9 Å². The van der Waals surface area contributed by atoms with Crippen LogP contribution in [-0.4, -0.2) is 38.1 Å². The molecule has 0 N–H and O–H groups in total. The van der Waals surface area contributed by atoms with Gasteiger partial charge in [-0.3, -0.25) is 0 Å². The number of benzene rings is 5. The summed E-state index contributed by atoms with van der Waals surface area (Å²) in [6.45, 7) is 19.6. The number of unbranched alkanes of at least 4 members (excludes halogenated alkanes) is 26. The van der Waals surface area contributed by atoms with Crippen molar-refractivity contribution in [1.29, 1.82) is 0 Å². The zero-order valence-electron chi connectivity index (χ0n) is 47.5. The monoisotopic (exact) mass is 1000 g/mol. The van der Waals surface area contributed by atoms with Crippen LogP contribution in [0.15, 0.2) is 54.7 Å². The minimum Gasteiger partial charge on any atom is -0.490 e. The average molecular weight is 1000 g/mol. The summed E-state index contributed by atoms with van der Waals surface area (Å²) in [6.07, 6.45) is 39.2. The molecule has 398 valence electrons. The molecule has 0 atom stereocenters. The van der Waals surface area contributed by atoms with Crippen molar-refractivity contribution in [3.8, 4) is 11.5 Å². The Morgan fingerprint density at radius 3 is 1.01 bits per heavy atom. The van der Waals surface area contributed by atoms with Crippen LogP contribution in [0.3, 0.4) is 0 Å². The molecule has 0 spiro atoms. The minimum atomic E-state index is -0.136. The molecule has 5 aromatic carbocycles. The molecule has 8 aromatic rings. The smallest absolute Gasteiger partial charge is 0.178 e. The third kappa shape index (κ3) is 14.1. The number of hydrogen-bond acceptors (Lipinski definition) is 7. The molecule has 0 radical (unpaired) electrons. The highest BCUT2D eigenvalue weighted by molar-refractivity contribution is 6.39. The van der Waals surface area contributed by atoms with E-state index in [1.807, 2.05) is 18.3 Å². The zero-order chi connectivity index (χ0) is 51.9. The molecule has 0 fully saturated rings. The standard InChI is InChI=1S/C67H93N5O2/c1-9-11-13-15-17-19-21-23-25-27-29-31-33-35-40-73-57-46-55-56(47-58(57)74-41-36-34-32-30-28-26-24-22-20-18-16-14-12-10-2)71-62-51-43-49(67(6,7)8)45-53-60(51)59-50(61(62)70-55)42-48(66(3,4)5)44-52(59)63-64(53)72-65-54(69-63)38-37-39-68-65/h37-39,42-47H,9-36,40-41H2,1-8H3. The van der Waals surface area contributed by atoms with Crippen LogP contribution in [0.25, 0.3) is 76.6 Å². The van der Waals surface area contributed by atoms with Crippen molar-refractivity contribution in [2.45, 2.75) is 246 Å². The lowest BCUT2D eigenvalue weighted by Crippen LogP contribution is -2.12. The molecule has 0 aliphatic heterocycles. The fourth-order valence-electron chi connectivity index (χ4n) is 11.3. The molecule has 7 nitrogen and oxygen atoms in total. The third-order valence-electron chi connectivity index (χ3n) is 16.0. The Morgan fingerprint density at radius 1 is 0.365 bits per heavy atom. The van der Waals surface area contributed by atoms with E-state index < -0.39 is 0 Å². The van der Waals surface area contributed by atoms with Gasteiger partial charge in [-0.15, -0.1) is 0 Å². The van der Waals surface area contributed by atoms with E-state index in [-0.39, 0.29) is 10.8 Å². The second-order valence-corrected chi connectivity index (χ2v) is 24.3. The van der Waals surface area contributed by atoms with Gasteiger partial charge in [0.1, 0.15) is 5.52 Å². The van der Waals surface area contributed by atoms with Gasteiger partial charge >= 0.3 is 0 Å². The van der Waals surface area contributed by atoms with Gasteiger partial charge in [-0.05, 0) is 71.2 Å². The van der Waals surface area contributed by atoms with E-state index in [0.717, 1.165) is 95.3 Å². The Bertz CT molecular complexity index is 2830. The van der Waals surface area contributed by atoms with Gasteiger partial charge in [0.25, 0.3) is 0 Å². The maximum Gasteiger partial charge on any atom is 0.178 e. The minimum absolute atomic E-state index is 0.133. The van der Waals surface area contributed by atoms with Gasteiger partial charge in [0, 0.05) is 50.6 Å². The van der Waals surface area contributed by atoms with Gasteiger partial charge in [0.05, 0.1) is 46.3 Å². The van der Waals surface area contributed by atoms with Crippen molar-refractivity contribution in [3.63, 3.8) is 0 Å². The van der Waals surface area contributed by atoms with Crippen LogP contribution < -0.4 is 9.47 Å². The molecule has 0 aliphatic carbocycles. The Balaban J connectivity index is 1.06. The number of fused-ring (bicyclic) bond motifs is 8. The summed E-state index contributed by atoms with van der Waals surface area (Å²) in [7, 11) is 0. The predicted octanol–water partition coefficient (Wildman–Crippen LogP) is 20.5. The molecule has 0 aliphatic rings. The maximum absolute atomic E-state index is 6.72. The van der Waals surface area contributed by atoms with E-state index in [2.05, 4.69) is 96.8 Å². The van der Waals surface area contributed by atoms with E-state index in [0.29, 0.717) is 18.9 Å². The molecule has 0 saturated carbocycles. The fraction of sp³-hybridized carbons (Fsp3) is 0.597. The number of pyridine rings is 1. The fourth-order valence-corrected chi connectivity index (χ4v) is 11.3. The second kappa shape index (κ2) is 26.7. The first kappa shape index (κ1) is 55.3. The highest BCUT2D eigenvalue weighted by atomic mass is 16.5. The Labute approximate surface area is 445 Å². The number of hydrogen-bond donors (Lipinski definition) is 0. The van der Waals surface area contributed by atoms with Crippen molar-refractivity contribution < 1.29 is 9.47 Å². The first-order chi connectivity index (χ1) is 36.0. The van der Waals surface area contributed by atoms with Gasteiger partial charge in [-0.2, -0.15) is 0 Å². The molecule has 7 heteroatoms. The Hall–Kier alpha value is -4.91. The SMILES string of the molecule is CCCCCCCCCCCCCCCCOc1cc2nc3c4cc(C(C)(C)C)cc5c6nc7cccnc7nc6c6cc(C(C)(C)C)cc(c3nc2cc1OCCCCCCCCCCCCCCCC)c6c45. The summed E-state index contributed by atoms with van der Waals surface area (Å²) >= 11 is 0. The van der Waals surface area contributed by atoms with E-state index in [1.54, 1.807) is 0 Å². The van der Waals surface area contributed by atoms with E-state index in [1.165, 1.54) is 178 Å². The molecular formula is C67H93N5O2. The molecule has 0 saturated heterocycles.